The Morgan fingerprint density at radius 2 is 1.76 bits per heavy atom. The SMILES string of the molecule is CC(C)CNC(=O)CCNC(=O)C1(C#N)CCCCCC1. The van der Waals surface area contributed by atoms with Crippen molar-refractivity contribution in [2.75, 3.05) is 13.1 Å². The van der Waals surface area contributed by atoms with Crippen molar-refractivity contribution in [2.45, 2.75) is 58.8 Å². The summed E-state index contributed by atoms with van der Waals surface area (Å²) in [5, 5.41) is 15.0. The molecule has 1 fully saturated rings. The molecular weight excluding hydrogens is 266 g/mol. The van der Waals surface area contributed by atoms with E-state index < -0.39 is 5.41 Å². The van der Waals surface area contributed by atoms with Crippen molar-refractivity contribution >= 4 is 11.8 Å². The fourth-order valence-corrected chi connectivity index (χ4v) is 2.59. The van der Waals surface area contributed by atoms with E-state index in [0.717, 1.165) is 25.7 Å². The first-order valence-electron chi connectivity index (χ1n) is 7.96. The summed E-state index contributed by atoms with van der Waals surface area (Å²) < 4.78 is 0. The molecule has 118 valence electrons. The van der Waals surface area contributed by atoms with Crippen LogP contribution in [0.4, 0.5) is 0 Å². The van der Waals surface area contributed by atoms with Crippen LogP contribution >= 0.6 is 0 Å². The zero-order valence-corrected chi connectivity index (χ0v) is 13.2. The molecule has 0 aromatic heterocycles. The maximum absolute atomic E-state index is 12.3. The van der Waals surface area contributed by atoms with Crippen LogP contribution < -0.4 is 10.6 Å². The minimum atomic E-state index is -0.884. The maximum atomic E-state index is 12.3. The first-order valence-corrected chi connectivity index (χ1v) is 7.96. The summed E-state index contributed by atoms with van der Waals surface area (Å²) in [5.74, 6) is 0.149. The Morgan fingerprint density at radius 3 is 2.29 bits per heavy atom. The molecule has 0 aliphatic heterocycles. The van der Waals surface area contributed by atoms with Gasteiger partial charge in [-0.05, 0) is 18.8 Å². The minimum absolute atomic E-state index is 0.0594. The highest BCUT2D eigenvalue weighted by Crippen LogP contribution is 2.34. The van der Waals surface area contributed by atoms with Gasteiger partial charge in [0.15, 0.2) is 0 Å². The third-order valence-corrected chi connectivity index (χ3v) is 3.95. The highest BCUT2D eigenvalue weighted by Gasteiger charge is 2.38. The fraction of sp³-hybridized carbons (Fsp3) is 0.812. The lowest BCUT2D eigenvalue weighted by Gasteiger charge is -2.23. The van der Waals surface area contributed by atoms with E-state index >= 15 is 0 Å². The second-order valence-electron chi connectivity index (χ2n) is 6.31. The molecule has 2 N–H and O–H groups in total. The Labute approximate surface area is 127 Å². The second kappa shape index (κ2) is 8.66. The number of amides is 2. The minimum Gasteiger partial charge on any atom is -0.356 e. The number of nitriles is 1. The van der Waals surface area contributed by atoms with Gasteiger partial charge in [0.05, 0.1) is 6.07 Å². The molecule has 0 saturated heterocycles. The van der Waals surface area contributed by atoms with E-state index in [9.17, 15) is 14.9 Å². The van der Waals surface area contributed by atoms with Gasteiger partial charge >= 0.3 is 0 Å². The van der Waals surface area contributed by atoms with Crippen molar-refractivity contribution in [1.82, 2.24) is 10.6 Å². The zero-order valence-electron chi connectivity index (χ0n) is 13.2. The monoisotopic (exact) mass is 293 g/mol. The summed E-state index contributed by atoms with van der Waals surface area (Å²) >= 11 is 0. The van der Waals surface area contributed by atoms with Crippen molar-refractivity contribution in [3.63, 3.8) is 0 Å². The molecule has 0 radical (unpaired) electrons. The number of nitrogens with zero attached hydrogens (tertiary/aromatic N) is 1. The van der Waals surface area contributed by atoms with Crippen LogP contribution in [0.2, 0.25) is 0 Å². The van der Waals surface area contributed by atoms with Crippen LogP contribution in [0.5, 0.6) is 0 Å². The van der Waals surface area contributed by atoms with E-state index in [1.54, 1.807) is 0 Å². The van der Waals surface area contributed by atoms with E-state index in [1.807, 2.05) is 13.8 Å². The summed E-state index contributed by atoms with van der Waals surface area (Å²) in [6, 6.07) is 2.22. The lowest BCUT2D eigenvalue weighted by molar-refractivity contribution is -0.129. The Bertz CT molecular complexity index is 391. The van der Waals surface area contributed by atoms with E-state index in [4.69, 9.17) is 0 Å². The largest absolute Gasteiger partial charge is 0.356 e. The Morgan fingerprint density at radius 1 is 1.14 bits per heavy atom. The molecule has 0 unspecified atom stereocenters. The van der Waals surface area contributed by atoms with Gasteiger partial charge < -0.3 is 10.6 Å². The van der Waals surface area contributed by atoms with Crippen LogP contribution in [0.25, 0.3) is 0 Å². The summed E-state index contributed by atoms with van der Waals surface area (Å²) in [5.41, 5.74) is -0.884. The first-order chi connectivity index (χ1) is 10.00. The molecule has 0 aromatic carbocycles. The normalized spacial score (nSPS) is 17.6. The number of hydrogen-bond donors (Lipinski definition) is 2. The number of nitrogens with one attached hydrogen (secondary N) is 2. The second-order valence-corrected chi connectivity index (χ2v) is 6.31. The topological polar surface area (TPSA) is 82.0 Å². The molecule has 0 heterocycles. The summed E-state index contributed by atoms with van der Waals surface area (Å²) in [4.78, 5) is 23.9. The predicted octanol–water partition coefficient (Wildman–Crippen LogP) is 2.13. The number of rotatable bonds is 6. The molecular formula is C16H27N3O2. The molecule has 21 heavy (non-hydrogen) atoms. The van der Waals surface area contributed by atoms with Gasteiger partial charge in [-0.15, -0.1) is 0 Å². The van der Waals surface area contributed by atoms with Crippen molar-refractivity contribution < 1.29 is 9.59 Å². The highest BCUT2D eigenvalue weighted by molar-refractivity contribution is 5.86. The standard InChI is InChI=1S/C16H27N3O2/c1-13(2)11-19-14(20)7-10-18-15(21)16(12-17)8-5-3-4-6-9-16/h13H,3-11H2,1-2H3,(H,18,21)(H,19,20). The molecule has 1 saturated carbocycles. The van der Waals surface area contributed by atoms with Gasteiger partial charge in [-0.2, -0.15) is 5.26 Å². The summed E-state index contributed by atoms with van der Waals surface area (Å²) in [6.45, 7) is 5.01. The molecule has 1 aliphatic rings. The lowest BCUT2D eigenvalue weighted by Crippen LogP contribution is -2.41. The zero-order chi connectivity index (χ0) is 15.7. The summed E-state index contributed by atoms with van der Waals surface area (Å²) in [7, 11) is 0. The molecule has 0 bridgehead atoms. The molecule has 5 nitrogen and oxygen atoms in total. The molecule has 0 atom stereocenters. The maximum Gasteiger partial charge on any atom is 0.240 e. The van der Waals surface area contributed by atoms with Crippen LogP contribution in [0, 0.1) is 22.7 Å². The van der Waals surface area contributed by atoms with Crippen LogP contribution in [-0.2, 0) is 9.59 Å². The fourth-order valence-electron chi connectivity index (χ4n) is 2.59. The number of hydrogen-bond acceptors (Lipinski definition) is 3. The van der Waals surface area contributed by atoms with E-state index in [1.165, 1.54) is 0 Å². The van der Waals surface area contributed by atoms with Gasteiger partial charge in [0.2, 0.25) is 11.8 Å². The Hall–Kier alpha value is -1.57. The van der Waals surface area contributed by atoms with Gasteiger partial charge in [0.1, 0.15) is 5.41 Å². The third kappa shape index (κ3) is 5.74. The molecule has 1 rings (SSSR count). The summed E-state index contributed by atoms with van der Waals surface area (Å²) in [6.07, 6.45) is 5.57. The lowest BCUT2D eigenvalue weighted by atomic mass is 9.81. The van der Waals surface area contributed by atoms with Crippen LogP contribution in [0.3, 0.4) is 0 Å². The average molecular weight is 293 g/mol. The van der Waals surface area contributed by atoms with E-state index in [-0.39, 0.29) is 18.2 Å². The van der Waals surface area contributed by atoms with E-state index in [0.29, 0.717) is 31.8 Å². The molecule has 1 aliphatic carbocycles. The third-order valence-electron chi connectivity index (χ3n) is 3.95. The van der Waals surface area contributed by atoms with Crippen LogP contribution in [-0.4, -0.2) is 24.9 Å². The predicted molar refractivity (Wildman–Crippen MR) is 81.2 cm³/mol. The molecule has 0 aromatic rings. The van der Waals surface area contributed by atoms with Crippen molar-refractivity contribution in [3.8, 4) is 6.07 Å². The van der Waals surface area contributed by atoms with Crippen molar-refractivity contribution in [2.24, 2.45) is 11.3 Å². The van der Waals surface area contributed by atoms with Gasteiger partial charge in [-0.25, -0.2) is 0 Å². The van der Waals surface area contributed by atoms with Gasteiger partial charge in [0, 0.05) is 19.5 Å². The number of carbonyl (C=O) groups excluding carboxylic acids is 2. The van der Waals surface area contributed by atoms with Gasteiger partial charge in [0.25, 0.3) is 0 Å². The smallest absolute Gasteiger partial charge is 0.240 e. The van der Waals surface area contributed by atoms with Gasteiger partial charge in [-0.3, -0.25) is 9.59 Å². The van der Waals surface area contributed by atoms with Gasteiger partial charge in [-0.1, -0.05) is 39.5 Å². The van der Waals surface area contributed by atoms with Crippen molar-refractivity contribution in [1.29, 1.82) is 5.26 Å². The average Bonchev–Trinajstić information content (AvgIpc) is 2.71. The van der Waals surface area contributed by atoms with E-state index in [2.05, 4.69) is 16.7 Å². The molecule has 2 amide bonds. The Balaban J connectivity index is 2.38. The first kappa shape index (κ1) is 17.5. The van der Waals surface area contributed by atoms with Crippen LogP contribution in [0.15, 0.2) is 0 Å². The quantitative estimate of drug-likeness (QED) is 0.736. The molecule has 0 spiro atoms. The highest BCUT2D eigenvalue weighted by atomic mass is 16.2. The van der Waals surface area contributed by atoms with Crippen LogP contribution in [0.1, 0.15) is 58.8 Å². The number of carbonyl (C=O) groups is 2. The van der Waals surface area contributed by atoms with Crippen molar-refractivity contribution in [3.05, 3.63) is 0 Å². The molecule has 5 heteroatoms. The Kier molecular flexibility index (Phi) is 7.21.